The van der Waals surface area contributed by atoms with E-state index < -0.39 is 15.7 Å². The third-order valence-corrected chi connectivity index (χ3v) is 4.67. The topological polar surface area (TPSA) is 107 Å². The van der Waals surface area contributed by atoms with E-state index in [0.717, 1.165) is 11.9 Å². The van der Waals surface area contributed by atoms with Crippen LogP contribution < -0.4 is 11.1 Å². The van der Waals surface area contributed by atoms with Gasteiger partial charge in [-0.2, -0.15) is 0 Å². The smallest absolute Gasteiger partial charge is 0.254 e. The van der Waals surface area contributed by atoms with E-state index >= 15 is 0 Å². The van der Waals surface area contributed by atoms with Gasteiger partial charge >= 0.3 is 0 Å². The van der Waals surface area contributed by atoms with Gasteiger partial charge in [-0.1, -0.05) is 18.2 Å². The number of carbonyl (C=O) groups excluding carboxylic acids is 1. The number of nitrogens with two attached hydrogens (primary N) is 1. The van der Waals surface area contributed by atoms with Crippen LogP contribution in [0.25, 0.3) is 5.69 Å². The molecule has 128 valence electrons. The summed E-state index contributed by atoms with van der Waals surface area (Å²) in [4.78, 5) is 11.9. The van der Waals surface area contributed by atoms with Crippen LogP contribution in [0.1, 0.15) is 10.4 Å². The summed E-state index contributed by atoms with van der Waals surface area (Å²) in [6.45, 7) is 0. The molecule has 3 rings (SSSR count). The number of primary amides is 1. The van der Waals surface area contributed by atoms with Gasteiger partial charge in [0.2, 0.25) is 0 Å². The van der Waals surface area contributed by atoms with Gasteiger partial charge in [-0.25, -0.2) is 13.1 Å². The average molecular weight is 356 g/mol. The van der Waals surface area contributed by atoms with E-state index in [4.69, 9.17) is 5.73 Å². The molecule has 8 heteroatoms. The van der Waals surface area contributed by atoms with Crippen molar-refractivity contribution < 1.29 is 13.2 Å². The predicted octanol–water partition coefficient (Wildman–Crippen LogP) is 2.12. The highest BCUT2D eigenvalue weighted by Gasteiger charge is 2.15. The summed E-state index contributed by atoms with van der Waals surface area (Å²) in [6, 6.07) is 15.5. The van der Waals surface area contributed by atoms with Crippen LogP contribution in [-0.2, 0) is 9.84 Å². The van der Waals surface area contributed by atoms with Crippen LogP contribution >= 0.6 is 0 Å². The second kappa shape index (κ2) is 6.40. The lowest BCUT2D eigenvalue weighted by Crippen LogP contribution is -2.12. The summed E-state index contributed by atoms with van der Waals surface area (Å²) in [6.07, 6.45) is 2.69. The number of para-hydroxylation sites is 1. The van der Waals surface area contributed by atoms with Gasteiger partial charge in [0.15, 0.2) is 15.7 Å². The van der Waals surface area contributed by atoms with Crippen molar-refractivity contribution >= 4 is 27.2 Å². The lowest BCUT2D eigenvalue weighted by Gasteiger charge is -2.05. The van der Waals surface area contributed by atoms with Gasteiger partial charge in [-0.15, -0.1) is 5.10 Å². The molecule has 0 bridgehead atoms. The van der Waals surface area contributed by atoms with Crippen LogP contribution in [0.5, 0.6) is 0 Å². The number of amides is 1. The minimum absolute atomic E-state index is 0.211. The highest BCUT2D eigenvalue weighted by atomic mass is 32.2. The molecular formula is C17H16N4O3S. The Morgan fingerprint density at radius 2 is 1.72 bits per heavy atom. The molecule has 0 aliphatic heterocycles. The first-order valence-corrected chi connectivity index (χ1v) is 9.26. The Labute approximate surface area is 145 Å². The third-order valence-electron chi connectivity index (χ3n) is 3.55. The minimum Gasteiger partial charge on any atom is -0.365 e. The number of nitrogens with zero attached hydrogens (tertiary/aromatic N) is 2. The van der Waals surface area contributed by atoms with Crippen molar-refractivity contribution in [1.82, 2.24) is 9.78 Å². The quantitative estimate of drug-likeness (QED) is 0.728. The number of aromatic nitrogens is 2. The van der Waals surface area contributed by atoms with E-state index in [0.29, 0.717) is 11.5 Å². The minimum atomic E-state index is -3.27. The summed E-state index contributed by atoms with van der Waals surface area (Å²) in [5.41, 5.74) is 7.04. The fourth-order valence-electron chi connectivity index (χ4n) is 2.28. The zero-order chi connectivity index (χ0) is 18.0. The van der Waals surface area contributed by atoms with E-state index in [1.165, 1.54) is 12.1 Å². The summed E-state index contributed by atoms with van der Waals surface area (Å²) >= 11 is 0. The Bertz CT molecular complexity index is 1010. The largest absolute Gasteiger partial charge is 0.365 e. The first-order chi connectivity index (χ1) is 11.8. The summed E-state index contributed by atoms with van der Waals surface area (Å²) in [7, 11) is -3.27. The molecule has 1 amide bonds. The maximum Gasteiger partial charge on any atom is 0.254 e. The van der Waals surface area contributed by atoms with E-state index in [1.54, 1.807) is 23.0 Å². The summed E-state index contributed by atoms with van der Waals surface area (Å²) in [5, 5.41) is 7.35. The van der Waals surface area contributed by atoms with E-state index in [9.17, 15) is 13.2 Å². The Morgan fingerprint density at radius 3 is 2.28 bits per heavy atom. The average Bonchev–Trinajstić information content (AvgIpc) is 2.99. The van der Waals surface area contributed by atoms with Crippen LogP contribution in [-0.4, -0.2) is 30.4 Å². The molecule has 25 heavy (non-hydrogen) atoms. The normalized spacial score (nSPS) is 11.2. The maximum absolute atomic E-state index is 11.7. The van der Waals surface area contributed by atoms with E-state index in [1.807, 2.05) is 30.3 Å². The number of rotatable bonds is 5. The van der Waals surface area contributed by atoms with Gasteiger partial charge in [0.05, 0.1) is 10.6 Å². The molecule has 0 atom stereocenters. The van der Waals surface area contributed by atoms with Crippen molar-refractivity contribution in [2.75, 3.05) is 11.6 Å². The molecule has 1 heterocycles. The zero-order valence-electron chi connectivity index (χ0n) is 13.4. The molecule has 0 radical (unpaired) electrons. The number of hydrogen-bond donors (Lipinski definition) is 2. The van der Waals surface area contributed by atoms with Crippen LogP contribution in [0.15, 0.2) is 65.7 Å². The molecule has 7 nitrogen and oxygen atoms in total. The molecule has 3 N–H and O–H groups in total. The molecule has 0 aliphatic carbocycles. The second-order valence-corrected chi connectivity index (χ2v) is 7.47. The van der Waals surface area contributed by atoms with Gasteiger partial charge < -0.3 is 11.1 Å². The Kier molecular flexibility index (Phi) is 4.28. The van der Waals surface area contributed by atoms with Crippen molar-refractivity contribution in [3.8, 4) is 5.69 Å². The second-order valence-electron chi connectivity index (χ2n) is 5.46. The molecule has 0 unspecified atom stereocenters. The SMILES string of the molecule is CS(=O)(=O)c1ccc(Nc2nn(-c3ccccc3)cc2C(N)=O)cc1. The fraction of sp³-hybridized carbons (Fsp3) is 0.0588. The molecule has 0 aliphatic rings. The molecule has 0 saturated carbocycles. The van der Waals surface area contributed by atoms with Crippen molar-refractivity contribution in [1.29, 1.82) is 0 Å². The maximum atomic E-state index is 11.7. The van der Waals surface area contributed by atoms with E-state index in [2.05, 4.69) is 10.4 Å². The highest BCUT2D eigenvalue weighted by Crippen LogP contribution is 2.22. The molecule has 0 fully saturated rings. The Balaban J connectivity index is 1.94. The van der Waals surface area contributed by atoms with Crippen LogP contribution in [0.3, 0.4) is 0 Å². The monoisotopic (exact) mass is 356 g/mol. The van der Waals surface area contributed by atoms with Gasteiger partial charge in [0.25, 0.3) is 5.91 Å². The Morgan fingerprint density at radius 1 is 1.08 bits per heavy atom. The van der Waals surface area contributed by atoms with Gasteiger partial charge in [0, 0.05) is 18.1 Å². The lowest BCUT2D eigenvalue weighted by atomic mass is 10.2. The number of carbonyl (C=O) groups is 1. The fourth-order valence-corrected chi connectivity index (χ4v) is 2.91. The first kappa shape index (κ1) is 16.7. The zero-order valence-corrected chi connectivity index (χ0v) is 14.2. The van der Waals surface area contributed by atoms with Crippen molar-refractivity contribution in [3.63, 3.8) is 0 Å². The van der Waals surface area contributed by atoms with Gasteiger partial charge in [-0.3, -0.25) is 4.79 Å². The number of nitrogens with one attached hydrogen (secondary N) is 1. The number of hydrogen-bond acceptors (Lipinski definition) is 5. The third kappa shape index (κ3) is 3.69. The predicted molar refractivity (Wildman–Crippen MR) is 94.9 cm³/mol. The highest BCUT2D eigenvalue weighted by molar-refractivity contribution is 7.90. The van der Waals surface area contributed by atoms with Gasteiger partial charge in [0.1, 0.15) is 5.56 Å². The van der Waals surface area contributed by atoms with Crippen LogP contribution in [0.4, 0.5) is 11.5 Å². The molecular weight excluding hydrogens is 340 g/mol. The summed E-state index contributed by atoms with van der Waals surface area (Å²) in [5.74, 6) is -0.319. The number of anilines is 2. The van der Waals surface area contributed by atoms with Crippen molar-refractivity contribution in [2.45, 2.75) is 4.90 Å². The molecule has 2 aromatic carbocycles. The lowest BCUT2D eigenvalue weighted by molar-refractivity contribution is 0.100. The Hall–Kier alpha value is -3.13. The van der Waals surface area contributed by atoms with Crippen LogP contribution in [0.2, 0.25) is 0 Å². The van der Waals surface area contributed by atoms with E-state index in [-0.39, 0.29) is 10.5 Å². The molecule has 0 saturated heterocycles. The molecule has 0 spiro atoms. The molecule has 1 aromatic heterocycles. The van der Waals surface area contributed by atoms with Crippen molar-refractivity contribution in [2.24, 2.45) is 5.73 Å². The number of benzene rings is 2. The van der Waals surface area contributed by atoms with Gasteiger partial charge in [-0.05, 0) is 36.4 Å². The molecule has 3 aromatic rings. The summed E-state index contributed by atoms with van der Waals surface area (Å²) < 4.78 is 24.6. The van der Waals surface area contributed by atoms with Crippen molar-refractivity contribution in [3.05, 3.63) is 66.4 Å². The standard InChI is InChI=1S/C17H16N4O3S/c1-25(23,24)14-9-7-12(8-10-14)19-17-15(16(18)22)11-21(20-17)13-5-3-2-4-6-13/h2-11H,1H3,(H2,18,22)(H,19,20). The van der Waals surface area contributed by atoms with Crippen LogP contribution in [0, 0.1) is 0 Å². The first-order valence-electron chi connectivity index (χ1n) is 7.36. The number of sulfone groups is 1.